The number of halogens is 2. The van der Waals surface area contributed by atoms with Gasteiger partial charge in [0.05, 0.1) is 0 Å². The van der Waals surface area contributed by atoms with Crippen molar-refractivity contribution in [1.29, 1.82) is 0 Å². The number of nitrogens with one attached hydrogen (secondary N) is 2. The molecule has 2 aliphatic carbocycles. The van der Waals surface area contributed by atoms with Crippen molar-refractivity contribution in [3.63, 3.8) is 0 Å². The number of likely N-dealkylation sites (tertiary alicyclic amines) is 1. The summed E-state index contributed by atoms with van der Waals surface area (Å²) in [4.78, 5) is 2.74. The van der Waals surface area contributed by atoms with Crippen molar-refractivity contribution < 1.29 is 21.9 Å². The molecule has 7 nitrogen and oxygen atoms in total. The van der Waals surface area contributed by atoms with E-state index in [2.05, 4.69) is 63.2 Å². The van der Waals surface area contributed by atoms with Crippen molar-refractivity contribution in [3.8, 4) is 0 Å². The third-order valence-corrected chi connectivity index (χ3v) is 9.38. The molecule has 0 aromatic rings. The molecule has 1 heterocycles. The second-order valence-corrected chi connectivity index (χ2v) is 14.4. The summed E-state index contributed by atoms with van der Waals surface area (Å²) < 4.78 is 0. The maximum Gasteiger partial charge on any atom is 0.0373 e. The number of alkyl halides is 2. The number of allylic oxidation sites excluding steroid dienone is 2. The summed E-state index contributed by atoms with van der Waals surface area (Å²) >= 11 is 13.0. The molecule has 1 aliphatic heterocycles. The van der Waals surface area contributed by atoms with Crippen LogP contribution in [0.1, 0.15) is 93.9 Å². The molecule has 1 saturated carbocycles. The van der Waals surface area contributed by atoms with E-state index in [0.29, 0.717) is 46.0 Å². The Hall–Kier alpha value is 0.0400. The van der Waals surface area contributed by atoms with Crippen molar-refractivity contribution >= 4 is 23.2 Å². The first-order valence-electron chi connectivity index (χ1n) is 14.2. The van der Waals surface area contributed by atoms with Gasteiger partial charge in [0.2, 0.25) is 0 Å². The zero-order valence-electron chi connectivity index (χ0n) is 24.9. The van der Waals surface area contributed by atoms with Gasteiger partial charge < -0.3 is 37.4 Å². The van der Waals surface area contributed by atoms with Crippen molar-refractivity contribution in [3.05, 3.63) is 11.6 Å². The van der Waals surface area contributed by atoms with Crippen molar-refractivity contribution in [2.75, 3.05) is 32.7 Å². The number of hydrogen-bond donors (Lipinski definition) is 2. The molecule has 0 amide bonds. The molecular weight excluding hydrogens is 537 g/mol. The molecule has 238 valence electrons. The molecule has 0 radical (unpaired) electrons. The molecular formula is C30H65Cl2N3O4. The Balaban J connectivity index is -0.00000259. The zero-order valence-corrected chi connectivity index (χ0v) is 26.4. The van der Waals surface area contributed by atoms with Gasteiger partial charge in [0.15, 0.2) is 0 Å². The first-order chi connectivity index (χ1) is 16.0. The summed E-state index contributed by atoms with van der Waals surface area (Å²) in [7, 11) is 0. The molecule has 1 saturated heterocycles. The Kier molecular flexibility index (Phi) is 22.3. The van der Waals surface area contributed by atoms with Gasteiger partial charge >= 0.3 is 0 Å². The Morgan fingerprint density at radius 3 is 2.18 bits per heavy atom. The van der Waals surface area contributed by atoms with Gasteiger partial charge in [-0.2, -0.15) is 0 Å². The zero-order chi connectivity index (χ0) is 24.9. The highest BCUT2D eigenvalue weighted by Gasteiger charge is 2.39. The average Bonchev–Trinajstić information content (AvgIpc) is 2.75. The largest absolute Gasteiger partial charge is 0.412 e. The molecule has 39 heavy (non-hydrogen) atoms. The summed E-state index contributed by atoms with van der Waals surface area (Å²) in [6.07, 6.45) is 10.7. The van der Waals surface area contributed by atoms with Crippen molar-refractivity contribution in [2.24, 2.45) is 29.1 Å². The third-order valence-electron chi connectivity index (χ3n) is 8.63. The highest BCUT2D eigenvalue weighted by molar-refractivity contribution is 6.20. The van der Waals surface area contributed by atoms with Crippen LogP contribution in [0.15, 0.2) is 11.6 Å². The van der Waals surface area contributed by atoms with E-state index in [4.69, 9.17) is 23.2 Å². The first kappa shape index (κ1) is 43.5. The Labute approximate surface area is 250 Å². The lowest BCUT2D eigenvalue weighted by atomic mass is 9.68. The minimum atomic E-state index is 0. The van der Waals surface area contributed by atoms with Crippen LogP contribution in [0.3, 0.4) is 0 Å². The lowest BCUT2D eigenvalue weighted by Crippen LogP contribution is -2.53. The second-order valence-electron chi connectivity index (χ2n) is 13.1. The van der Waals surface area contributed by atoms with E-state index in [1.165, 1.54) is 32.4 Å². The van der Waals surface area contributed by atoms with Crippen LogP contribution in [0.5, 0.6) is 0 Å². The quantitative estimate of drug-likeness (QED) is 0.287. The highest BCUT2D eigenvalue weighted by atomic mass is 35.5. The van der Waals surface area contributed by atoms with Crippen LogP contribution < -0.4 is 10.6 Å². The van der Waals surface area contributed by atoms with Gasteiger partial charge in [0, 0.05) is 35.9 Å². The molecule has 3 rings (SSSR count). The van der Waals surface area contributed by atoms with Gasteiger partial charge in [-0.05, 0) is 93.7 Å². The summed E-state index contributed by atoms with van der Waals surface area (Å²) in [5, 5.41) is 8.42. The van der Waals surface area contributed by atoms with E-state index in [9.17, 15) is 0 Å². The molecule has 0 bridgehead atoms. The van der Waals surface area contributed by atoms with Crippen LogP contribution in [0.2, 0.25) is 0 Å². The maximum atomic E-state index is 6.68. The van der Waals surface area contributed by atoms with E-state index in [1.807, 2.05) is 0 Å². The van der Waals surface area contributed by atoms with Crippen LogP contribution in [-0.2, 0) is 0 Å². The van der Waals surface area contributed by atoms with Gasteiger partial charge in [-0.1, -0.05) is 60.6 Å². The van der Waals surface area contributed by atoms with Crippen molar-refractivity contribution in [1.82, 2.24) is 15.5 Å². The van der Waals surface area contributed by atoms with Gasteiger partial charge in [-0.3, -0.25) is 0 Å². The maximum absolute atomic E-state index is 6.68. The van der Waals surface area contributed by atoms with Crippen LogP contribution in [0, 0.1) is 29.1 Å². The summed E-state index contributed by atoms with van der Waals surface area (Å²) in [6.45, 7) is 20.1. The van der Waals surface area contributed by atoms with Gasteiger partial charge in [-0.25, -0.2) is 0 Å². The fraction of sp³-hybridized carbons (Fsp3) is 0.933. The molecule has 10 N–H and O–H groups in total. The van der Waals surface area contributed by atoms with E-state index in [-0.39, 0.29) is 29.3 Å². The van der Waals surface area contributed by atoms with Gasteiger partial charge in [0.1, 0.15) is 0 Å². The molecule has 0 aromatic heterocycles. The molecule has 2 fully saturated rings. The average molecular weight is 603 g/mol. The molecule has 0 spiro atoms. The number of rotatable bonds is 10. The fourth-order valence-corrected chi connectivity index (χ4v) is 7.32. The Morgan fingerprint density at radius 2 is 1.64 bits per heavy atom. The molecule has 5 unspecified atom stereocenters. The number of piperidine rings is 1. The standard InChI is InChI=1S/C29H53Cl2N3.CH4.4H2O/c1-20(2)16-32-26-14-22(13-25(31)15-26)17-33-28(21(3)4)18-34-12-11-27(29(5,6)19-34)23-7-9-24(30)10-8-23;;;;;/h7,20-22,24-28,32-33H,8-19H2,1-6H3;1H4;4*1H2/t22?,24?,25?,26?,27?,28-;;;;;/m0...../s1. The van der Waals surface area contributed by atoms with Crippen LogP contribution in [-0.4, -0.2) is 82.4 Å². The predicted molar refractivity (Wildman–Crippen MR) is 171 cm³/mol. The van der Waals surface area contributed by atoms with Crippen LogP contribution in [0.4, 0.5) is 0 Å². The van der Waals surface area contributed by atoms with E-state index in [0.717, 1.165) is 51.2 Å². The van der Waals surface area contributed by atoms with E-state index < -0.39 is 0 Å². The number of hydrogen-bond acceptors (Lipinski definition) is 3. The molecule has 6 atom stereocenters. The van der Waals surface area contributed by atoms with Gasteiger partial charge in [-0.15, -0.1) is 23.2 Å². The van der Waals surface area contributed by atoms with Crippen LogP contribution in [0.25, 0.3) is 0 Å². The van der Waals surface area contributed by atoms with Gasteiger partial charge in [0.25, 0.3) is 0 Å². The van der Waals surface area contributed by atoms with E-state index >= 15 is 0 Å². The normalized spacial score (nSPS) is 29.5. The Morgan fingerprint density at radius 1 is 0.974 bits per heavy atom. The van der Waals surface area contributed by atoms with Crippen molar-refractivity contribution in [2.45, 2.75) is 117 Å². The molecule has 9 heteroatoms. The van der Waals surface area contributed by atoms with E-state index in [1.54, 1.807) is 5.57 Å². The minimum Gasteiger partial charge on any atom is -0.412 e. The predicted octanol–water partition coefficient (Wildman–Crippen LogP) is 4.03. The lowest BCUT2D eigenvalue weighted by molar-refractivity contribution is 0.0590. The third kappa shape index (κ3) is 13.7. The molecule has 0 aromatic carbocycles. The summed E-state index contributed by atoms with van der Waals surface area (Å²) in [5.41, 5.74) is 2.02. The topological polar surface area (TPSA) is 153 Å². The smallest absolute Gasteiger partial charge is 0.0373 e. The minimum absolute atomic E-state index is 0. The summed E-state index contributed by atoms with van der Waals surface area (Å²) in [6, 6.07) is 1.11. The van der Waals surface area contributed by atoms with Crippen LogP contribution >= 0.6 is 23.2 Å². The SMILES string of the molecule is C.CC(C)CNC1CC(Cl)CC(CN[C@@H](CN2CCC(C3=CCC(Cl)CC3)C(C)(C)C2)C(C)C)C1.O.O.O.O. The first-order valence-corrected chi connectivity index (χ1v) is 15.1. The lowest BCUT2D eigenvalue weighted by Gasteiger charge is -2.47. The monoisotopic (exact) mass is 601 g/mol. The summed E-state index contributed by atoms with van der Waals surface area (Å²) in [5.74, 6) is 2.72. The Bertz CT molecular complexity index is 666. The number of nitrogens with zero attached hydrogens (tertiary/aromatic N) is 1. The molecule has 3 aliphatic rings. The second kappa shape index (κ2) is 20.0. The fourth-order valence-electron chi connectivity index (χ4n) is 6.65. The highest BCUT2D eigenvalue weighted by Crippen LogP contribution is 2.43.